The second-order valence-corrected chi connectivity index (χ2v) is 6.43. The summed E-state index contributed by atoms with van der Waals surface area (Å²) in [6.45, 7) is 8.29. The van der Waals surface area contributed by atoms with Crippen molar-refractivity contribution in [3.05, 3.63) is 0 Å². The van der Waals surface area contributed by atoms with Crippen LogP contribution in [0.5, 0.6) is 0 Å². The Kier molecular flexibility index (Phi) is 4.64. The third kappa shape index (κ3) is 3.73. The molecule has 82 valence electrons. The molecule has 0 spiro atoms. The van der Waals surface area contributed by atoms with Crippen molar-refractivity contribution in [1.29, 1.82) is 0 Å². The van der Waals surface area contributed by atoms with Crippen LogP contribution in [0.25, 0.3) is 0 Å². The molecule has 1 rings (SSSR count). The summed E-state index contributed by atoms with van der Waals surface area (Å²) in [4.78, 5) is 13.8. The van der Waals surface area contributed by atoms with Gasteiger partial charge in [0.25, 0.3) is 5.24 Å². The number of hydrogen-bond acceptors (Lipinski definition) is 3. The molecule has 1 unspecified atom stereocenters. The molecular formula is C10H19NOS2. The highest BCUT2D eigenvalue weighted by atomic mass is 32.2. The van der Waals surface area contributed by atoms with Gasteiger partial charge in [0.1, 0.15) is 0 Å². The first-order chi connectivity index (χ1) is 6.52. The maximum atomic E-state index is 11.8. The van der Waals surface area contributed by atoms with Crippen LogP contribution < -0.4 is 0 Å². The van der Waals surface area contributed by atoms with E-state index in [-0.39, 0.29) is 5.24 Å². The molecule has 0 radical (unpaired) electrons. The molecule has 1 amide bonds. The number of hydrogen-bond donors (Lipinski definition) is 0. The molecule has 0 saturated carbocycles. The zero-order valence-electron chi connectivity index (χ0n) is 9.32. The van der Waals surface area contributed by atoms with E-state index in [0.717, 1.165) is 11.0 Å². The summed E-state index contributed by atoms with van der Waals surface area (Å²) >= 11 is 3.43. The highest BCUT2D eigenvalue weighted by Gasteiger charge is 2.26. The lowest BCUT2D eigenvalue weighted by Crippen LogP contribution is -2.40. The van der Waals surface area contributed by atoms with E-state index in [1.807, 2.05) is 16.7 Å². The monoisotopic (exact) mass is 233 g/mol. The maximum absolute atomic E-state index is 11.8. The van der Waals surface area contributed by atoms with Crippen molar-refractivity contribution in [2.75, 3.05) is 11.5 Å². The Morgan fingerprint density at radius 3 is 2.29 bits per heavy atom. The fourth-order valence-electron chi connectivity index (χ4n) is 1.42. The van der Waals surface area contributed by atoms with Crippen molar-refractivity contribution >= 4 is 28.8 Å². The van der Waals surface area contributed by atoms with E-state index < -0.39 is 0 Å². The average Bonchev–Trinajstić information content (AvgIpc) is 2.81. The highest BCUT2D eigenvalue weighted by Crippen LogP contribution is 2.33. The number of thioether (sulfide) groups is 2. The van der Waals surface area contributed by atoms with Crippen molar-refractivity contribution in [2.24, 2.45) is 0 Å². The van der Waals surface area contributed by atoms with E-state index in [1.54, 1.807) is 0 Å². The number of amides is 1. The molecule has 1 aliphatic rings. The van der Waals surface area contributed by atoms with Crippen LogP contribution >= 0.6 is 23.5 Å². The van der Waals surface area contributed by atoms with Crippen LogP contribution in [0.15, 0.2) is 0 Å². The minimum Gasteiger partial charge on any atom is -0.329 e. The van der Waals surface area contributed by atoms with Gasteiger partial charge in [-0.2, -0.15) is 11.8 Å². The van der Waals surface area contributed by atoms with Gasteiger partial charge in [0.2, 0.25) is 0 Å². The molecule has 0 N–H and O–H groups in total. The Hall–Kier alpha value is 0.170. The molecule has 1 heterocycles. The van der Waals surface area contributed by atoms with Gasteiger partial charge in [0.05, 0.1) is 0 Å². The van der Waals surface area contributed by atoms with Crippen LogP contribution in [0.1, 0.15) is 27.7 Å². The lowest BCUT2D eigenvalue weighted by Gasteiger charge is -2.30. The molecule has 0 aromatic heterocycles. The molecule has 2 nitrogen and oxygen atoms in total. The number of rotatable bonds is 4. The van der Waals surface area contributed by atoms with Crippen molar-refractivity contribution in [3.8, 4) is 0 Å². The summed E-state index contributed by atoms with van der Waals surface area (Å²) in [6.07, 6.45) is 0. The van der Waals surface area contributed by atoms with E-state index in [9.17, 15) is 4.79 Å². The third-order valence-corrected chi connectivity index (χ3v) is 4.33. The van der Waals surface area contributed by atoms with Gasteiger partial charge < -0.3 is 4.90 Å². The fourth-order valence-corrected chi connectivity index (χ4v) is 3.43. The molecule has 0 aromatic carbocycles. The van der Waals surface area contributed by atoms with Crippen molar-refractivity contribution in [3.63, 3.8) is 0 Å². The summed E-state index contributed by atoms with van der Waals surface area (Å²) < 4.78 is 0. The zero-order chi connectivity index (χ0) is 10.7. The van der Waals surface area contributed by atoms with Crippen molar-refractivity contribution in [1.82, 2.24) is 4.90 Å². The molecule has 0 aromatic rings. The Morgan fingerprint density at radius 1 is 1.43 bits per heavy atom. The van der Waals surface area contributed by atoms with Crippen LogP contribution in [-0.4, -0.2) is 39.0 Å². The van der Waals surface area contributed by atoms with Gasteiger partial charge >= 0.3 is 0 Å². The van der Waals surface area contributed by atoms with Gasteiger partial charge in [-0.1, -0.05) is 11.8 Å². The van der Waals surface area contributed by atoms with Crippen LogP contribution in [0.4, 0.5) is 4.79 Å². The van der Waals surface area contributed by atoms with Crippen molar-refractivity contribution < 1.29 is 4.79 Å². The van der Waals surface area contributed by atoms with Gasteiger partial charge in [-0.25, -0.2) is 0 Å². The smallest absolute Gasteiger partial charge is 0.282 e. The van der Waals surface area contributed by atoms with E-state index >= 15 is 0 Å². The van der Waals surface area contributed by atoms with Gasteiger partial charge in [-0.15, -0.1) is 0 Å². The largest absolute Gasteiger partial charge is 0.329 e. The van der Waals surface area contributed by atoms with Gasteiger partial charge in [-0.05, 0) is 27.7 Å². The Balaban J connectivity index is 2.36. The quantitative estimate of drug-likeness (QED) is 0.696. The number of carbonyl (C=O) groups excluding carboxylic acids is 1. The topological polar surface area (TPSA) is 20.3 Å². The lowest BCUT2D eigenvalue weighted by atomic mass is 10.2. The maximum Gasteiger partial charge on any atom is 0.282 e. The predicted octanol–water partition coefficient (Wildman–Crippen LogP) is 3.07. The molecule has 1 atom stereocenters. The zero-order valence-corrected chi connectivity index (χ0v) is 11.0. The lowest BCUT2D eigenvalue weighted by molar-refractivity contribution is 0.190. The molecule has 0 bridgehead atoms. The summed E-state index contributed by atoms with van der Waals surface area (Å²) in [5.41, 5.74) is 0. The third-order valence-electron chi connectivity index (χ3n) is 2.12. The first-order valence-corrected chi connectivity index (χ1v) is 7.12. The summed E-state index contributed by atoms with van der Waals surface area (Å²) in [5, 5.41) is 0.979. The minimum atomic E-state index is 0.238. The predicted molar refractivity (Wildman–Crippen MR) is 66.2 cm³/mol. The van der Waals surface area contributed by atoms with Crippen LogP contribution in [0.2, 0.25) is 0 Å². The summed E-state index contributed by atoms with van der Waals surface area (Å²) in [5.74, 6) is 2.23. The number of nitrogens with zero attached hydrogens (tertiary/aromatic N) is 1. The highest BCUT2D eigenvalue weighted by molar-refractivity contribution is 8.15. The minimum absolute atomic E-state index is 0.238. The Morgan fingerprint density at radius 2 is 1.93 bits per heavy atom. The van der Waals surface area contributed by atoms with Crippen LogP contribution in [0.3, 0.4) is 0 Å². The van der Waals surface area contributed by atoms with Crippen LogP contribution in [0, 0.1) is 0 Å². The number of carbonyl (C=O) groups is 1. The molecule has 4 heteroatoms. The molecule has 14 heavy (non-hydrogen) atoms. The molecule has 1 aliphatic heterocycles. The van der Waals surface area contributed by atoms with Gasteiger partial charge in [0.15, 0.2) is 0 Å². The SMILES string of the molecule is CC(C)N(C(=O)SCC1CS1)C(C)C. The normalized spacial score (nSPS) is 20.3. The first kappa shape index (κ1) is 12.2. The van der Waals surface area contributed by atoms with Crippen molar-refractivity contribution in [2.45, 2.75) is 45.0 Å². The van der Waals surface area contributed by atoms with Gasteiger partial charge in [-0.3, -0.25) is 4.79 Å². The standard InChI is InChI=1S/C10H19NOS2/c1-7(2)11(8(3)4)10(12)14-6-9-5-13-9/h7-9H,5-6H2,1-4H3. The van der Waals surface area contributed by atoms with E-state index in [4.69, 9.17) is 0 Å². The molecule has 1 fully saturated rings. The van der Waals surface area contributed by atoms with E-state index in [0.29, 0.717) is 12.1 Å². The fraction of sp³-hybridized carbons (Fsp3) is 0.900. The van der Waals surface area contributed by atoms with E-state index in [1.165, 1.54) is 17.5 Å². The molecular weight excluding hydrogens is 214 g/mol. The van der Waals surface area contributed by atoms with Crippen LogP contribution in [-0.2, 0) is 0 Å². The first-order valence-electron chi connectivity index (χ1n) is 5.09. The molecule has 1 saturated heterocycles. The average molecular weight is 233 g/mol. The second-order valence-electron chi connectivity index (χ2n) is 4.13. The Labute approximate surface area is 95.2 Å². The summed E-state index contributed by atoms with van der Waals surface area (Å²) in [7, 11) is 0. The summed E-state index contributed by atoms with van der Waals surface area (Å²) in [6, 6.07) is 0.615. The van der Waals surface area contributed by atoms with Gasteiger partial charge in [0, 0.05) is 28.8 Å². The second kappa shape index (κ2) is 5.31. The Bertz CT molecular complexity index is 194. The molecule has 0 aliphatic carbocycles. The van der Waals surface area contributed by atoms with E-state index in [2.05, 4.69) is 27.7 Å².